The second kappa shape index (κ2) is 79.3. The molecular weight excluding hydrogens is 1240 g/mol. The van der Waals surface area contributed by atoms with Crippen molar-refractivity contribution in [1.29, 1.82) is 0 Å². The van der Waals surface area contributed by atoms with Crippen molar-refractivity contribution in [2.24, 2.45) is 17.8 Å². The zero-order valence-electron chi connectivity index (χ0n) is 66.4. The third-order valence-electron chi connectivity index (χ3n) is 10.4. The molecule has 0 saturated heterocycles. The topological polar surface area (TPSA) is 190 Å². The number of Topliss-reactive ketones (excluding diaryl/α,β-unsaturated/α-hetero) is 1. The molecule has 0 saturated carbocycles. The van der Waals surface area contributed by atoms with Crippen LogP contribution in [-0.4, -0.2) is 109 Å². The van der Waals surface area contributed by atoms with E-state index in [2.05, 4.69) is 110 Å². The predicted octanol–water partition coefficient (Wildman–Crippen LogP) is 22.6. The van der Waals surface area contributed by atoms with Gasteiger partial charge in [0, 0.05) is 12.8 Å². The average molecular weight is 1380 g/mol. The SMILES string of the molecule is C/C=C/OC.C/C=C/OCC.C1=COCC1.C1=COCCC1.C=C(C)OC.C=C(C)OCC.C=COC.C=COC(C)(C)C.C=COCC.C=COCC(C)C.CC(=O)C1=C(C)CCC(C(C)C)C1.CC(C)(C)OC(=O)OC(=O)OC(C)(C)C.CC1=CCCCO1.CC1=CCCO1. The molecule has 1 atom stereocenters. The molecule has 0 bridgehead atoms. The van der Waals surface area contributed by atoms with Gasteiger partial charge in [-0.1, -0.05) is 84.9 Å². The van der Waals surface area contributed by atoms with Gasteiger partial charge in [0.2, 0.25) is 0 Å². The van der Waals surface area contributed by atoms with Gasteiger partial charge in [-0.25, -0.2) is 9.59 Å². The van der Waals surface area contributed by atoms with E-state index in [1.54, 1.807) is 102 Å². The first-order valence-electron chi connectivity index (χ1n) is 33.5. The second-order valence-corrected chi connectivity index (χ2v) is 24.3. The summed E-state index contributed by atoms with van der Waals surface area (Å²) in [4.78, 5) is 33.3. The van der Waals surface area contributed by atoms with Crippen LogP contribution in [-0.2, 0) is 75.8 Å². The lowest BCUT2D eigenvalue weighted by Gasteiger charge is -2.27. The van der Waals surface area contributed by atoms with E-state index >= 15 is 0 Å². The average Bonchev–Trinajstić information content (AvgIpc) is 1.33. The molecule has 568 valence electrons. The lowest BCUT2D eigenvalue weighted by molar-refractivity contribution is -0.114. The van der Waals surface area contributed by atoms with Gasteiger partial charge in [-0.3, -0.25) is 4.79 Å². The molecule has 0 amide bonds. The summed E-state index contributed by atoms with van der Waals surface area (Å²) in [6.07, 6.45) is 32.8. The van der Waals surface area contributed by atoms with E-state index < -0.39 is 23.5 Å². The van der Waals surface area contributed by atoms with Gasteiger partial charge >= 0.3 is 12.3 Å². The highest BCUT2D eigenvalue weighted by molar-refractivity contribution is 5.94. The Hall–Kier alpha value is -7.37. The van der Waals surface area contributed by atoms with Crippen LogP contribution in [0.5, 0.6) is 0 Å². The molecule has 0 aromatic heterocycles. The van der Waals surface area contributed by atoms with Crippen LogP contribution in [0.15, 0.2) is 160 Å². The number of allylic oxidation sites excluding steroid dienone is 10. The van der Waals surface area contributed by atoms with Gasteiger partial charge in [-0.05, 0) is 231 Å². The molecule has 1 unspecified atom stereocenters. The monoisotopic (exact) mass is 1380 g/mol. The van der Waals surface area contributed by atoms with Gasteiger partial charge in [0.1, 0.15) is 11.2 Å². The summed E-state index contributed by atoms with van der Waals surface area (Å²) < 4.78 is 71.1. The van der Waals surface area contributed by atoms with Crippen molar-refractivity contribution in [2.45, 2.75) is 241 Å². The van der Waals surface area contributed by atoms with Gasteiger partial charge in [0.25, 0.3) is 0 Å². The zero-order chi connectivity index (χ0) is 77.0. The molecule has 5 rings (SSSR count). The highest BCUT2D eigenvalue weighted by Crippen LogP contribution is 2.34. The fourth-order valence-electron chi connectivity index (χ4n) is 5.97. The molecule has 1 aliphatic carbocycles. The highest BCUT2D eigenvalue weighted by atomic mass is 16.8. The Morgan fingerprint density at radius 1 is 0.588 bits per heavy atom. The number of methoxy groups -OCH3 is 3. The summed E-state index contributed by atoms with van der Waals surface area (Å²) in [5.74, 6) is 6.04. The van der Waals surface area contributed by atoms with Gasteiger partial charge in [-0.15, -0.1) is 0 Å². The molecule has 0 aromatic rings. The summed E-state index contributed by atoms with van der Waals surface area (Å²) >= 11 is 0. The van der Waals surface area contributed by atoms with Crippen LogP contribution in [0, 0.1) is 17.8 Å². The number of ketones is 1. The number of carbonyl (C=O) groups is 3. The number of hydrogen-bond acceptors (Lipinski definition) is 18. The predicted molar refractivity (Wildman–Crippen MR) is 404 cm³/mol. The maximum absolute atomic E-state index is 11.3. The maximum Gasteiger partial charge on any atom is 0.519 e. The van der Waals surface area contributed by atoms with Gasteiger partial charge in [0.15, 0.2) is 5.78 Å². The summed E-state index contributed by atoms with van der Waals surface area (Å²) in [6.45, 7) is 72.8. The normalized spacial score (nSPS) is 13.8. The third kappa shape index (κ3) is 119. The number of ether oxygens (including phenoxy) is 15. The summed E-state index contributed by atoms with van der Waals surface area (Å²) in [6, 6.07) is 0. The molecule has 0 fully saturated rings. The minimum Gasteiger partial charge on any atom is -0.505 e. The van der Waals surface area contributed by atoms with E-state index in [1.807, 2.05) is 100 Å². The fourth-order valence-corrected chi connectivity index (χ4v) is 5.97. The molecule has 4 heterocycles. The molecule has 18 heteroatoms. The zero-order valence-corrected chi connectivity index (χ0v) is 66.4. The molecule has 5 aliphatic rings. The second-order valence-electron chi connectivity index (χ2n) is 24.3. The Kier molecular flexibility index (Phi) is 88.6. The van der Waals surface area contributed by atoms with Crippen molar-refractivity contribution < 1.29 is 85.4 Å². The quantitative estimate of drug-likeness (QED) is 0.0854. The molecule has 0 aromatic carbocycles. The lowest BCUT2D eigenvalue weighted by Crippen LogP contribution is -2.29. The summed E-state index contributed by atoms with van der Waals surface area (Å²) in [5.41, 5.74) is 0.967. The Morgan fingerprint density at radius 2 is 1.06 bits per heavy atom. The molecule has 0 radical (unpaired) electrons. The van der Waals surface area contributed by atoms with E-state index in [9.17, 15) is 14.4 Å². The first-order valence-corrected chi connectivity index (χ1v) is 33.5. The van der Waals surface area contributed by atoms with E-state index in [4.69, 9.17) is 47.4 Å². The van der Waals surface area contributed by atoms with Crippen molar-refractivity contribution >= 4 is 18.1 Å². The van der Waals surface area contributed by atoms with Crippen molar-refractivity contribution in [1.82, 2.24) is 0 Å². The van der Waals surface area contributed by atoms with Crippen molar-refractivity contribution in [2.75, 3.05) is 74.2 Å². The molecule has 18 nitrogen and oxygen atoms in total. The first kappa shape index (κ1) is 108. The van der Waals surface area contributed by atoms with Crippen molar-refractivity contribution in [3.8, 4) is 0 Å². The first-order chi connectivity index (χ1) is 45.3. The fraction of sp³-hybridized carbons (Fsp3) is 0.633. The van der Waals surface area contributed by atoms with E-state index in [0.717, 1.165) is 113 Å². The lowest BCUT2D eigenvalue weighted by atomic mass is 9.78. The van der Waals surface area contributed by atoms with Gasteiger partial charge in [-0.2, -0.15) is 0 Å². The Morgan fingerprint density at radius 3 is 1.23 bits per heavy atom. The minimum absolute atomic E-state index is 0.0677. The van der Waals surface area contributed by atoms with Crippen LogP contribution in [0.1, 0.15) is 224 Å². The van der Waals surface area contributed by atoms with E-state index in [-0.39, 0.29) is 11.4 Å². The van der Waals surface area contributed by atoms with Crippen LogP contribution in [0.3, 0.4) is 0 Å². The Bertz CT molecular complexity index is 2060. The molecule has 97 heavy (non-hydrogen) atoms. The van der Waals surface area contributed by atoms with Crippen LogP contribution >= 0.6 is 0 Å². The van der Waals surface area contributed by atoms with E-state index in [0.29, 0.717) is 11.8 Å². The third-order valence-corrected chi connectivity index (χ3v) is 10.4. The van der Waals surface area contributed by atoms with Crippen LogP contribution in [0.4, 0.5) is 9.59 Å². The number of hydrogen-bond donors (Lipinski definition) is 0. The molecular formula is C79H144O18. The summed E-state index contributed by atoms with van der Waals surface area (Å²) in [5, 5.41) is 0. The van der Waals surface area contributed by atoms with Gasteiger partial charge < -0.3 is 71.1 Å². The van der Waals surface area contributed by atoms with Crippen LogP contribution in [0.2, 0.25) is 0 Å². The number of carbonyl (C=O) groups excluding carboxylic acids is 3. The Labute approximate surface area is 593 Å². The van der Waals surface area contributed by atoms with Crippen LogP contribution in [0.25, 0.3) is 0 Å². The summed E-state index contributed by atoms with van der Waals surface area (Å²) in [7, 11) is 4.79. The van der Waals surface area contributed by atoms with Gasteiger partial charge in [0.05, 0.1) is 153 Å². The Balaban J connectivity index is -0.000000125. The number of rotatable bonds is 15. The standard InChI is InChI=1S/C12H20O.C10H18O5.C6H10O.2C6H12O.2C5H8O.2C5H10O.C4H6O.3C4H8O.C3H6O/c1-8(2)11-6-5-9(3)12(7-11)10(4)13;1-9(2,3)14-7(11)13-8(12)15-10(4,5)6;1-6-4-2-3-5-7-6;1-5-7-6(2,3)4;1-4-7-5-6(2)3;1-5-3-2-4-6-5;1-2-4-6-5-3-1;1-4-6-5(2)3;1-3-5-6-4-2;1-2-4-5-3-1;1-4(2)5-3;1-3-4-5-2;1-3-5-4-2;1-3-4-2/h8,11H,5-7H2,1-4H3;1-6H3;4H,2-3,5H2,1H3;5H,1H2,2-4H3;4,6H,1,5H2,2-3H3;3H,2,4H2,1H3;2,4H,1,3,5H2;2,4H2,1,3H3;3,5H,4H2,1-2H3;1,3H,2,4H2;1H2,2-3H3;3-4H,1-2H3;3H,1,4H2,2H3;3H,1H2,2H3/b;;;;;;;;5-3+;;;4-3+;;. The largest absolute Gasteiger partial charge is 0.519 e. The molecule has 0 spiro atoms. The molecule has 4 aliphatic heterocycles. The minimum atomic E-state index is -1.06. The van der Waals surface area contributed by atoms with Crippen molar-refractivity contribution in [3.63, 3.8) is 0 Å². The molecule has 0 N–H and O–H groups in total. The van der Waals surface area contributed by atoms with Crippen molar-refractivity contribution in [3.05, 3.63) is 160 Å². The highest BCUT2D eigenvalue weighted by Gasteiger charge is 2.25. The maximum atomic E-state index is 11.3. The van der Waals surface area contributed by atoms with E-state index in [1.165, 1.54) is 62.7 Å². The van der Waals surface area contributed by atoms with Crippen LogP contribution < -0.4 is 0 Å². The smallest absolute Gasteiger partial charge is 0.505 e.